The molecule has 1 heterocycles. The first-order valence-corrected chi connectivity index (χ1v) is 5.84. The number of alkyl carbamates (subject to hydrolysis) is 1. The second-order valence-electron chi connectivity index (χ2n) is 5.03. The van der Waals surface area contributed by atoms with Gasteiger partial charge in [-0.05, 0) is 32.8 Å². The molecule has 1 aromatic heterocycles. The molecule has 0 saturated carbocycles. The summed E-state index contributed by atoms with van der Waals surface area (Å²) in [6, 6.07) is -0.189. The fraction of sp³-hybridized carbons (Fsp3) is 0.583. The summed E-state index contributed by atoms with van der Waals surface area (Å²) in [5, 5.41) is 2.73. The van der Waals surface area contributed by atoms with Crippen LogP contribution in [-0.4, -0.2) is 34.2 Å². The van der Waals surface area contributed by atoms with Gasteiger partial charge in [0.1, 0.15) is 11.9 Å². The standard InChI is InChI=1S/C12H20N4O2/c1-12(2,3)18-11(17)16-10(5-13)4-9-6-14-8-15-7-9/h6-8,10H,4-5,13H2,1-3H3,(H,16,17). The molecule has 1 atom stereocenters. The van der Waals surface area contributed by atoms with E-state index in [4.69, 9.17) is 10.5 Å². The van der Waals surface area contributed by atoms with Crippen molar-refractivity contribution in [3.63, 3.8) is 0 Å². The third-order valence-corrected chi connectivity index (χ3v) is 2.10. The van der Waals surface area contributed by atoms with Crippen LogP contribution in [0.3, 0.4) is 0 Å². The average Bonchev–Trinajstić information content (AvgIpc) is 2.27. The molecule has 18 heavy (non-hydrogen) atoms. The Morgan fingerprint density at radius 3 is 2.56 bits per heavy atom. The van der Waals surface area contributed by atoms with Crippen molar-refractivity contribution in [2.24, 2.45) is 5.73 Å². The quantitative estimate of drug-likeness (QED) is 0.830. The maximum absolute atomic E-state index is 11.6. The molecule has 3 N–H and O–H groups in total. The number of aromatic nitrogens is 2. The Hall–Kier alpha value is -1.69. The summed E-state index contributed by atoms with van der Waals surface area (Å²) >= 11 is 0. The maximum atomic E-state index is 11.6. The molecule has 0 radical (unpaired) electrons. The van der Waals surface area contributed by atoms with Gasteiger partial charge in [0.25, 0.3) is 0 Å². The van der Waals surface area contributed by atoms with Crippen molar-refractivity contribution in [1.29, 1.82) is 0 Å². The van der Waals surface area contributed by atoms with E-state index >= 15 is 0 Å². The molecule has 1 amide bonds. The Morgan fingerprint density at radius 2 is 2.06 bits per heavy atom. The molecule has 0 fully saturated rings. The van der Waals surface area contributed by atoms with E-state index in [1.165, 1.54) is 6.33 Å². The zero-order valence-electron chi connectivity index (χ0n) is 11.0. The molecule has 0 saturated heterocycles. The first kappa shape index (κ1) is 14.4. The molecular weight excluding hydrogens is 232 g/mol. The molecule has 0 aliphatic carbocycles. The molecule has 6 nitrogen and oxygen atoms in total. The monoisotopic (exact) mass is 252 g/mol. The van der Waals surface area contributed by atoms with Crippen LogP contribution in [-0.2, 0) is 11.2 Å². The molecule has 1 unspecified atom stereocenters. The number of ether oxygens (including phenoxy) is 1. The van der Waals surface area contributed by atoms with Crippen molar-refractivity contribution >= 4 is 6.09 Å². The highest BCUT2D eigenvalue weighted by Crippen LogP contribution is 2.07. The summed E-state index contributed by atoms with van der Waals surface area (Å²) in [5.41, 5.74) is 6.03. The molecule has 0 aliphatic heterocycles. The normalized spacial score (nSPS) is 12.9. The largest absolute Gasteiger partial charge is 0.444 e. The first-order chi connectivity index (χ1) is 8.40. The molecule has 100 valence electrons. The molecular formula is C12H20N4O2. The zero-order valence-corrected chi connectivity index (χ0v) is 11.0. The number of carbonyl (C=O) groups excluding carboxylic acids is 1. The van der Waals surface area contributed by atoms with Crippen LogP contribution in [0.5, 0.6) is 0 Å². The maximum Gasteiger partial charge on any atom is 0.407 e. The van der Waals surface area contributed by atoms with Gasteiger partial charge in [0, 0.05) is 25.0 Å². The smallest absolute Gasteiger partial charge is 0.407 e. The highest BCUT2D eigenvalue weighted by Gasteiger charge is 2.19. The lowest BCUT2D eigenvalue weighted by Gasteiger charge is -2.22. The van der Waals surface area contributed by atoms with Gasteiger partial charge < -0.3 is 15.8 Å². The van der Waals surface area contributed by atoms with E-state index in [2.05, 4.69) is 15.3 Å². The lowest BCUT2D eigenvalue weighted by molar-refractivity contribution is 0.0506. The van der Waals surface area contributed by atoms with Gasteiger partial charge in [0.15, 0.2) is 0 Å². The Bertz CT molecular complexity index is 375. The van der Waals surface area contributed by atoms with Crippen LogP contribution in [0.1, 0.15) is 26.3 Å². The first-order valence-electron chi connectivity index (χ1n) is 5.84. The Labute approximate surface area is 107 Å². The Kier molecular flexibility index (Phi) is 5.03. The van der Waals surface area contributed by atoms with E-state index < -0.39 is 11.7 Å². The topological polar surface area (TPSA) is 90.1 Å². The minimum Gasteiger partial charge on any atom is -0.444 e. The van der Waals surface area contributed by atoms with E-state index in [0.29, 0.717) is 13.0 Å². The summed E-state index contributed by atoms with van der Waals surface area (Å²) in [6.45, 7) is 5.77. The number of nitrogens with one attached hydrogen (secondary N) is 1. The third-order valence-electron chi connectivity index (χ3n) is 2.10. The van der Waals surface area contributed by atoms with Gasteiger partial charge in [-0.2, -0.15) is 0 Å². The molecule has 0 spiro atoms. The fourth-order valence-electron chi connectivity index (χ4n) is 1.39. The van der Waals surface area contributed by atoms with E-state index in [1.54, 1.807) is 12.4 Å². The highest BCUT2D eigenvalue weighted by atomic mass is 16.6. The number of nitrogens with zero attached hydrogens (tertiary/aromatic N) is 2. The van der Waals surface area contributed by atoms with Crippen LogP contribution in [0.4, 0.5) is 4.79 Å². The number of hydrogen-bond donors (Lipinski definition) is 2. The van der Waals surface area contributed by atoms with Crippen LogP contribution in [0, 0.1) is 0 Å². The lowest BCUT2D eigenvalue weighted by Crippen LogP contribution is -2.44. The lowest BCUT2D eigenvalue weighted by atomic mass is 10.1. The van der Waals surface area contributed by atoms with E-state index in [-0.39, 0.29) is 6.04 Å². The number of rotatable bonds is 4. The van der Waals surface area contributed by atoms with Gasteiger partial charge in [-0.3, -0.25) is 0 Å². The number of amides is 1. The summed E-state index contributed by atoms with van der Waals surface area (Å²) in [4.78, 5) is 19.4. The molecule has 0 bridgehead atoms. The van der Waals surface area contributed by atoms with Crippen LogP contribution in [0.15, 0.2) is 18.7 Å². The second-order valence-corrected chi connectivity index (χ2v) is 5.03. The van der Waals surface area contributed by atoms with Crippen LogP contribution < -0.4 is 11.1 Å². The predicted octanol–water partition coefficient (Wildman–Crippen LogP) is 0.871. The zero-order chi connectivity index (χ0) is 13.6. The van der Waals surface area contributed by atoms with Gasteiger partial charge >= 0.3 is 6.09 Å². The van der Waals surface area contributed by atoms with E-state index in [1.807, 2.05) is 20.8 Å². The van der Waals surface area contributed by atoms with E-state index in [0.717, 1.165) is 5.56 Å². The summed E-state index contributed by atoms with van der Waals surface area (Å²) < 4.78 is 5.17. The third kappa shape index (κ3) is 5.58. The number of carbonyl (C=O) groups is 1. The van der Waals surface area contributed by atoms with Gasteiger partial charge in [0.2, 0.25) is 0 Å². The number of hydrogen-bond acceptors (Lipinski definition) is 5. The number of nitrogens with two attached hydrogens (primary N) is 1. The molecule has 0 aromatic carbocycles. The van der Waals surface area contributed by atoms with Gasteiger partial charge in [-0.15, -0.1) is 0 Å². The minimum absolute atomic E-state index is 0.189. The molecule has 6 heteroatoms. The highest BCUT2D eigenvalue weighted by molar-refractivity contribution is 5.68. The van der Waals surface area contributed by atoms with Crippen molar-refractivity contribution in [2.75, 3.05) is 6.54 Å². The fourth-order valence-corrected chi connectivity index (χ4v) is 1.39. The van der Waals surface area contributed by atoms with E-state index in [9.17, 15) is 4.79 Å². The Balaban J connectivity index is 2.50. The molecule has 0 aliphatic rings. The van der Waals surface area contributed by atoms with Crippen LogP contribution >= 0.6 is 0 Å². The summed E-state index contributed by atoms with van der Waals surface area (Å²) in [5.74, 6) is 0. The predicted molar refractivity (Wildman–Crippen MR) is 67.9 cm³/mol. The summed E-state index contributed by atoms with van der Waals surface area (Å²) in [7, 11) is 0. The van der Waals surface area contributed by atoms with Gasteiger partial charge in [0.05, 0.1) is 0 Å². The SMILES string of the molecule is CC(C)(C)OC(=O)NC(CN)Cc1cncnc1. The van der Waals surface area contributed by atoms with Gasteiger partial charge in [-0.25, -0.2) is 14.8 Å². The van der Waals surface area contributed by atoms with Crippen LogP contribution in [0.2, 0.25) is 0 Å². The second kappa shape index (κ2) is 6.30. The average molecular weight is 252 g/mol. The van der Waals surface area contributed by atoms with Crippen molar-refractivity contribution in [1.82, 2.24) is 15.3 Å². The minimum atomic E-state index is -0.515. The van der Waals surface area contributed by atoms with Gasteiger partial charge in [-0.1, -0.05) is 0 Å². The van der Waals surface area contributed by atoms with Crippen molar-refractivity contribution < 1.29 is 9.53 Å². The van der Waals surface area contributed by atoms with Crippen molar-refractivity contribution in [2.45, 2.75) is 38.8 Å². The molecule has 1 aromatic rings. The van der Waals surface area contributed by atoms with Crippen LogP contribution in [0.25, 0.3) is 0 Å². The van der Waals surface area contributed by atoms with Crippen molar-refractivity contribution in [3.05, 3.63) is 24.3 Å². The summed E-state index contributed by atoms with van der Waals surface area (Å²) in [6.07, 6.45) is 4.98. The van der Waals surface area contributed by atoms with Crippen molar-refractivity contribution in [3.8, 4) is 0 Å². The molecule has 1 rings (SSSR count). The Morgan fingerprint density at radius 1 is 1.44 bits per heavy atom.